The minimum absolute atomic E-state index is 0.760. The van der Waals surface area contributed by atoms with Gasteiger partial charge in [-0.2, -0.15) is 0 Å². The summed E-state index contributed by atoms with van der Waals surface area (Å²) >= 11 is 5.80. The van der Waals surface area contributed by atoms with E-state index in [2.05, 4.69) is 4.98 Å². The van der Waals surface area contributed by atoms with E-state index in [9.17, 15) is 0 Å². The minimum atomic E-state index is 0.760. The molecule has 0 amide bonds. The molecule has 1 heterocycles. The van der Waals surface area contributed by atoms with E-state index in [-0.39, 0.29) is 0 Å². The largest absolute Gasteiger partial charge is 0.265 e. The predicted molar refractivity (Wildman–Crippen MR) is 64.6 cm³/mol. The van der Waals surface area contributed by atoms with Crippen LogP contribution in [0.4, 0.5) is 0 Å². The van der Waals surface area contributed by atoms with Crippen molar-refractivity contribution in [2.75, 3.05) is 0 Å². The van der Waals surface area contributed by atoms with Crippen LogP contribution < -0.4 is 0 Å². The molecule has 0 aliphatic carbocycles. The third kappa shape index (κ3) is 2.93. The lowest BCUT2D eigenvalue weighted by molar-refractivity contribution is 1.32. The van der Waals surface area contributed by atoms with Crippen molar-refractivity contribution in [1.82, 2.24) is 4.98 Å². The van der Waals surface area contributed by atoms with Crippen molar-refractivity contribution in [3.8, 4) is 0 Å². The molecule has 0 saturated carbocycles. The van der Waals surface area contributed by atoms with Gasteiger partial charge < -0.3 is 0 Å². The normalized spacial score (nSPS) is 10.7. The summed E-state index contributed by atoms with van der Waals surface area (Å²) in [6.07, 6.45) is 7.65. The highest BCUT2D eigenvalue weighted by Gasteiger charge is 1.88. The SMILES string of the molecule is Clc1ccc(/C=C\c2ccncc2)cc1. The number of benzene rings is 1. The molecule has 2 rings (SSSR count). The molecular weight excluding hydrogens is 206 g/mol. The van der Waals surface area contributed by atoms with Crippen LogP contribution in [0.5, 0.6) is 0 Å². The Balaban J connectivity index is 2.15. The summed E-state index contributed by atoms with van der Waals surface area (Å²) in [6, 6.07) is 11.7. The number of hydrogen-bond acceptors (Lipinski definition) is 1. The van der Waals surface area contributed by atoms with Gasteiger partial charge in [-0.25, -0.2) is 0 Å². The van der Waals surface area contributed by atoms with Crippen molar-refractivity contribution in [2.24, 2.45) is 0 Å². The highest BCUT2D eigenvalue weighted by atomic mass is 35.5. The van der Waals surface area contributed by atoms with Gasteiger partial charge in [-0.1, -0.05) is 35.9 Å². The molecule has 0 radical (unpaired) electrons. The van der Waals surface area contributed by atoms with Gasteiger partial charge in [0.25, 0.3) is 0 Å². The number of hydrogen-bond donors (Lipinski definition) is 0. The average molecular weight is 216 g/mol. The topological polar surface area (TPSA) is 12.9 Å². The highest BCUT2D eigenvalue weighted by molar-refractivity contribution is 6.30. The molecule has 0 unspecified atom stereocenters. The fourth-order valence-corrected chi connectivity index (χ4v) is 1.37. The van der Waals surface area contributed by atoms with Crippen LogP contribution in [0.2, 0.25) is 5.02 Å². The van der Waals surface area contributed by atoms with Gasteiger partial charge in [0.1, 0.15) is 0 Å². The summed E-state index contributed by atoms with van der Waals surface area (Å²) in [5.41, 5.74) is 2.27. The zero-order valence-corrected chi connectivity index (χ0v) is 8.85. The standard InChI is InChI=1S/C13H10ClN/c14-13-5-3-11(4-6-13)1-2-12-7-9-15-10-8-12/h1-10H/b2-1-. The van der Waals surface area contributed by atoms with E-state index in [0.29, 0.717) is 0 Å². The molecule has 2 heteroatoms. The van der Waals surface area contributed by atoms with E-state index in [1.807, 2.05) is 48.6 Å². The van der Waals surface area contributed by atoms with Gasteiger partial charge in [0.05, 0.1) is 0 Å². The van der Waals surface area contributed by atoms with Crippen LogP contribution in [-0.2, 0) is 0 Å². The van der Waals surface area contributed by atoms with Gasteiger partial charge in [0.2, 0.25) is 0 Å². The van der Waals surface area contributed by atoms with E-state index in [4.69, 9.17) is 11.6 Å². The van der Waals surface area contributed by atoms with E-state index in [0.717, 1.165) is 16.1 Å². The summed E-state index contributed by atoms with van der Waals surface area (Å²) in [5, 5.41) is 0.760. The molecule has 74 valence electrons. The number of rotatable bonds is 2. The number of nitrogens with zero attached hydrogens (tertiary/aromatic N) is 1. The first-order chi connectivity index (χ1) is 7.34. The third-order valence-corrected chi connectivity index (χ3v) is 2.30. The lowest BCUT2D eigenvalue weighted by atomic mass is 10.1. The van der Waals surface area contributed by atoms with E-state index < -0.39 is 0 Å². The predicted octanol–water partition coefficient (Wildman–Crippen LogP) is 3.91. The Hall–Kier alpha value is -1.60. The first-order valence-corrected chi connectivity index (χ1v) is 5.06. The quantitative estimate of drug-likeness (QED) is 0.740. The third-order valence-electron chi connectivity index (χ3n) is 2.04. The minimum Gasteiger partial charge on any atom is -0.265 e. The van der Waals surface area contributed by atoms with Crippen molar-refractivity contribution >= 4 is 23.8 Å². The second-order valence-electron chi connectivity index (χ2n) is 3.17. The van der Waals surface area contributed by atoms with Crippen LogP contribution in [0.3, 0.4) is 0 Å². The molecule has 1 aromatic heterocycles. The zero-order chi connectivity index (χ0) is 10.5. The molecule has 0 aliphatic heterocycles. The molecule has 0 N–H and O–H groups in total. The Labute approximate surface area is 94.1 Å². The Kier molecular flexibility index (Phi) is 3.15. The van der Waals surface area contributed by atoms with Gasteiger partial charge in [-0.3, -0.25) is 4.98 Å². The molecule has 0 bridgehead atoms. The Bertz CT molecular complexity index is 446. The molecule has 0 aliphatic rings. The summed E-state index contributed by atoms with van der Waals surface area (Å²) in [5.74, 6) is 0. The smallest absolute Gasteiger partial charge is 0.0406 e. The average Bonchev–Trinajstić information content (AvgIpc) is 2.30. The van der Waals surface area contributed by atoms with Gasteiger partial charge >= 0.3 is 0 Å². The first-order valence-electron chi connectivity index (χ1n) is 4.68. The van der Waals surface area contributed by atoms with Crippen molar-refractivity contribution < 1.29 is 0 Å². The lowest BCUT2D eigenvalue weighted by Crippen LogP contribution is -1.73. The second kappa shape index (κ2) is 4.76. The maximum absolute atomic E-state index is 5.80. The van der Waals surface area contributed by atoms with Crippen molar-refractivity contribution in [2.45, 2.75) is 0 Å². The van der Waals surface area contributed by atoms with E-state index in [1.165, 1.54) is 0 Å². The van der Waals surface area contributed by atoms with Crippen LogP contribution in [0, 0.1) is 0 Å². The summed E-state index contributed by atoms with van der Waals surface area (Å²) in [4.78, 5) is 3.96. The summed E-state index contributed by atoms with van der Waals surface area (Å²) in [7, 11) is 0. The van der Waals surface area contributed by atoms with Crippen molar-refractivity contribution in [3.63, 3.8) is 0 Å². The number of aromatic nitrogens is 1. The maximum Gasteiger partial charge on any atom is 0.0406 e. The summed E-state index contributed by atoms with van der Waals surface area (Å²) in [6.45, 7) is 0. The molecule has 1 nitrogen and oxygen atoms in total. The van der Waals surface area contributed by atoms with Crippen LogP contribution in [-0.4, -0.2) is 4.98 Å². The molecule has 2 aromatic rings. The fourth-order valence-electron chi connectivity index (χ4n) is 1.24. The Morgan fingerprint density at radius 2 is 1.33 bits per heavy atom. The Morgan fingerprint density at radius 3 is 1.93 bits per heavy atom. The van der Waals surface area contributed by atoms with E-state index >= 15 is 0 Å². The van der Waals surface area contributed by atoms with Crippen LogP contribution >= 0.6 is 11.6 Å². The zero-order valence-electron chi connectivity index (χ0n) is 8.10. The molecule has 0 atom stereocenters. The van der Waals surface area contributed by atoms with Crippen LogP contribution in [0.1, 0.15) is 11.1 Å². The number of pyridine rings is 1. The van der Waals surface area contributed by atoms with Crippen molar-refractivity contribution in [1.29, 1.82) is 0 Å². The van der Waals surface area contributed by atoms with Crippen LogP contribution in [0.15, 0.2) is 48.8 Å². The van der Waals surface area contributed by atoms with Crippen molar-refractivity contribution in [3.05, 3.63) is 64.9 Å². The number of halogens is 1. The Morgan fingerprint density at radius 1 is 0.800 bits per heavy atom. The van der Waals surface area contributed by atoms with E-state index in [1.54, 1.807) is 12.4 Å². The van der Waals surface area contributed by atoms with Crippen LogP contribution in [0.25, 0.3) is 12.2 Å². The monoisotopic (exact) mass is 215 g/mol. The molecular formula is C13H10ClN. The second-order valence-corrected chi connectivity index (χ2v) is 3.60. The molecule has 0 saturated heterocycles. The summed E-state index contributed by atoms with van der Waals surface area (Å²) < 4.78 is 0. The van der Waals surface area contributed by atoms with Gasteiger partial charge in [0.15, 0.2) is 0 Å². The van der Waals surface area contributed by atoms with Gasteiger partial charge in [-0.15, -0.1) is 0 Å². The molecule has 0 spiro atoms. The highest BCUT2D eigenvalue weighted by Crippen LogP contribution is 2.12. The molecule has 0 fully saturated rings. The first kappa shape index (κ1) is 9.94. The maximum atomic E-state index is 5.80. The van der Waals surface area contributed by atoms with Gasteiger partial charge in [-0.05, 0) is 35.4 Å². The molecule has 1 aromatic carbocycles. The fraction of sp³-hybridized carbons (Fsp3) is 0. The van der Waals surface area contributed by atoms with Gasteiger partial charge in [0, 0.05) is 17.4 Å². The lowest BCUT2D eigenvalue weighted by Gasteiger charge is -1.94. The molecule has 15 heavy (non-hydrogen) atoms.